The maximum atomic E-state index is 9.98. The minimum Gasteiger partial charge on any atom is -0.876 e. The number of carbonyl (C=O) groups is 3. The van der Waals surface area contributed by atoms with E-state index in [4.69, 9.17) is 0 Å². The van der Waals surface area contributed by atoms with Crippen molar-refractivity contribution in [2.45, 2.75) is 41.5 Å². The van der Waals surface area contributed by atoms with Crippen LogP contribution in [0.4, 0.5) is 0 Å². The third-order valence-electron chi connectivity index (χ3n) is 1.22. The molecule has 0 aromatic carbocycles. The molecule has 0 amide bonds. The Kier molecular flexibility index (Phi) is 30.5. The summed E-state index contributed by atoms with van der Waals surface area (Å²) >= 11 is 0. The minimum absolute atomic E-state index is 0. The molecule has 8 heteroatoms. The van der Waals surface area contributed by atoms with Crippen molar-refractivity contribution in [1.29, 1.82) is 0 Å². The molecule has 0 spiro atoms. The third-order valence-corrected chi connectivity index (χ3v) is 1.22. The fraction of sp³-hybridized carbons (Fsp3) is 0.400. The van der Waals surface area contributed by atoms with Crippen LogP contribution < -0.4 is 15.3 Å². The van der Waals surface area contributed by atoms with Gasteiger partial charge in [0.15, 0.2) is 17.3 Å². The predicted molar refractivity (Wildman–Crippen MR) is 76.9 cm³/mol. The first kappa shape index (κ1) is 33.5. The summed E-state index contributed by atoms with van der Waals surface area (Å²) in [5.41, 5.74) is 0. The Morgan fingerprint density at radius 3 is 0.696 bits per heavy atom. The maximum Gasteiger partial charge on any atom is 3.00 e. The fourth-order valence-electron chi connectivity index (χ4n) is 0.859. The summed E-state index contributed by atoms with van der Waals surface area (Å²) in [6.07, 6.45) is 3.17. The number of carbonyl (C=O) groups excluding carboxylic acids is 3. The third kappa shape index (κ3) is 62.8. The zero-order valence-electron chi connectivity index (χ0n) is 14.0. The van der Waals surface area contributed by atoms with E-state index in [1.165, 1.54) is 41.5 Å². The molecular formula is C15H23GdO7. The molecule has 0 heterocycles. The molecule has 0 rings (SSSR count). The van der Waals surface area contributed by atoms with Crippen LogP contribution in [0.15, 0.2) is 35.5 Å². The van der Waals surface area contributed by atoms with Gasteiger partial charge < -0.3 is 20.8 Å². The van der Waals surface area contributed by atoms with Crippen molar-refractivity contribution in [3.63, 3.8) is 0 Å². The van der Waals surface area contributed by atoms with E-state index in [0.717, 1.165) is 18.2 Å². The molecule has 0 unspecified atom stereocenters. The van der Waals surface area contributed by atoms with E-state index < -0.39 is 0 Å². The molecule has 0 aliphatic rings. The van der Waals surface area contributed by atoms with Gasteiger partial charge in [0.2, 0.25) is 0 Å². The fourth-order valence-corrected chi connectivity index (χ4v) is 0.859. The van der Waals surface area contributed by atoms with Crippen molar-refractivity contribution in [1.82, 2.24) is 0 Å². The zero-order valence-corrected chi connectivity index (χ0v) is 16.3. The van der Waals surface area contributed by atoms with E-state index >= 15 is 0 Å². The standard InChI is InChI=1S/3C5H8O2.Gd.H2O/c3*1-4(6)3-5(2)7;;/h3*3,6H,1-2H3;;1H2/q;;;+3;/p-3. The van der Waals surface area contributed by atoms with Crippen molar-refractivity contribution in [2.75, 3.05) is 0 Å². The summed E-state index contributed by atoms with van der Waals surface area (Å²) < 4.78 is 0. The van der Waals surface area contributed by atoms with Crippen LogP contribution in [0.1, 0.15) is 41.5 Å². The van der Waals surface area contributed by atoms with Gasteiger partial charge in [0.1, 0.15) is 0 Å². The van der Waals surface area contributed by atoms with E-state index in [2.05, 4.69) is 0 Å². The number of ketones is 3. The van der Waals surface area contributed by atoms with Gasteiger partial charge in [-0.05, 0) is 39.0 Å². The number of hydrogen-bond acceptors (Lipinski definition) is 6. The molecular weight excluding hydrogens is 449 g/mol. The molecule has 0 aromatic rings. The Bertz CT molecular complexity index is 370. The van der Waals surface area contributed by atoms with Gasteiger partial charge in [-0.3, -0.25) is 14.4 Å². The first-order valence-electron chi connectivity index (χ1n) is 5.96. The van der Waals surface area contributed by atoms with Crippen LogP contribution in [-0.4, -0.2) is 22.8 Å². The van der Waals surface area contributed by atoms with Crippen molar-refractivity contribution in [3.8, 4) is 0 Å². The van der Waals surface area contributed by atoms with Crippen LogP contribution in [0, 0.1) is 39.9 Å². The van der Waals surface area contributed by atoms with Crippen LogP contribution in [0.2, 0.25) is 0 Å². The Hall–Kier alpha value is -1.09. The van der Waals surface area contributed by atoms with Gasteiger partial charge in [0.25, 0.3) is 0 Å². The summed E-state index contributed by atoms with van der Waals surface area (Å²) in [5, 5.41) is 29.9. The van der Waals surface area contributed by atoms with E-state index in [0.29, 0.717) is 0 Å². The van der Waals surface area contributed by atoms with Gasteiger partial charge in [-0.15, -0.1) is 17.3 Å². The van der Waals surface area contributed by atoms with Crippen LogP contribution in [0.3, 0.4) is 0 Å². The SMILES string of the molecule is CC(=O)C=C(C)[O-].CC(=O)C=C(C)[O-].CC(=O)C=C(C)[O-].O.[Gd+3]. The molecule has 0 aliphatic carbocycles. The Labute approximate surface area is 168 Å². The van der Waals surface area contributed by atoms with E-state index in [1.807, 2.05) is 0 Å². The quantitative estimate of drug-likeness (QED) is 0.367. The monoisotopic (exact) mass is 473 g/mol. The first-order valence-corrected chi connectivity index (χ1v) is 5.96. The smallest absolute Gasteiger partial charge is 0.876 e. The van der Waals surface area contributed by atoms with Crippen molar-refractivity contribution in [2.24, 2.45) is 0 Å². The molecule has 0 aromatic heterocycles. The summed E-state index contributed by atoms with van der Waals surface area (Å²) in [7, 11) is 0. The molecule has 0 aliphatic heterocycles. The molecule has 1 radical (unpaired) electrons. The van der Waals surface area contributed by atoms with Crippen molar-refractivity contribution >= 4 is 17.3 Å². The average Bonchev–Trinajstić information content (AvgIpc) is 2.10. The molecule has 7 nitrogen and oxygen atoms in total. The van der Waals surface area contributed by atoms with Gasteiger partial charge in [0.05, 0.1) is 0 Å². The maximum absolute atomic E-state index is 9.98. The zero-order chi connectivity index (χ0) is 17.6. The summed E-state index contributed by atoms with van der Waals surface area (Å²) in [5.74, 6) is -1.12. The molecule has 23 heavy (non-hydrogen) atoms. The van der Waals surface area contributed by atoms with Crippen LogP contribution in [0.25, 0.3) is 0 Å². The summed E-state index contributed by atoms with van der Waals surface area (Å²) in [6, 6.07) is 0. The van der Waals surface area contributed by atoms with Gasteiger partial charge in [0, 0.05) is 0 Å². The molecule has 0 saturated heterocycles. The Morgan fingerprint density at radius 1 is 0.565 bits per heavy atom. The largest absolute Gasteiger partial charge is 3.00 e. The molecule has 0 saturated carbocycles. The molecule has 0 fully saturated rings. The van der Waals surface area contributed by atoms with Gasteiger partial charge >= 0.3 is 39.9 Å². The normalized spacial score (nSPS) is 10.4. The summed E-state index contributed by atoms with van der Waals surface area (Å²) in [6.45, 7) is 8.09. The second-order valence-electron chi connectivity index (χ2n) is 4.10. The van der Waals surface area contributed by atoms with Crippen LogP contribution >= 0.6 is 0 Å². The van der Waals surface area contributed by atoms with E-state index in [9.17, 15) is 29.7 Å². The topological polar surface area (TPSA) is 152 Å². The molecule has 133 valence electrons. The van der Waals surface area contributed by atoms with Crippen molar-refractivity contribution in [3.05, 3.63) is 35.5 Å². The Balaban J connectivity index is -0.0000000675. The van der Waals surface area contributed by atoms with Gasteiger partial charge in [-0.2, -0.15) is 0 Å². The number of allylic oxidation sites excluding steroid dienone is 6. The van der Waals surface area contributed by atoms with Crippen LogP contribution in [-0.2, 0) is 14.4 Å². The second kappa shape index (κ2) is 20.9. The average molecular weight is 473 g/mol. The second-order valence-corrected chi connectivity index (χ2v) is 4.10. The van der Waals surface area contributed by atoms with E-state index in [1.54, 1.807) is 0 Å². The molecule has 0 atom stereocenters. The van der Waals surface area contributed by atoms with Gasteiger partial charge in [-0.25, -0.2) is 0 Å². The Morgan fingerprint density at radius 2 is 0.696 bits per heavy atom. The van der Waals surface area contributed by atoms with Crippen molar-refractivity contribution < 1.29 is 75.1 Å². The number of hydrogen-bond donors (Lipinski definition) is 0. The molecule has 2 N–H and O–H groups in total. The first-order chi connectivity index (χ1) is 9.38. The number of rotatable bonds is 3. The minimum atomic E-state index is -0.187. The summed E-state index contributed by atoms with van der Waals surface area (Å²) in [4.78, 5) is 29.9. The predicted octanol–water partition coefficient (Wildman–Crippen LogP) is -1.31. The van der Waals surface area contributed by atoms with Crippen LogP contribution in [0.5, 0.6) is 0 Å². The molecule has 0 bridgehead atoms. The van der Waals surface area contributed by atoms with Gasteiger partial charge in [-0.1, -0.05) is 20.8 Å². The van der Waals surface area contributed by atoms with E-state index in [-0.39, 0.29) is 80.0 Å².